The van der Waals surface area contributed by atoms with Crippen LogP contribution < -0.4 is 4.74 Å². The third kappa shape index (κ3) is 2.71. The van der Waals surface area contributed by atoms with Crippen molar-refractivity contribution in [2.24, 2.45) is 5.92 Å². The van der Waals surface area contributed by atoms with Crippen LogP contribution in [0, 0.1) is 11.7 Å². The van der Waals surface area contributed by atoms with E-state index in [-0.39, 0.29) is 5.82 Å². The summed E-state index contributed by atoms with van der Waals surface area (Å²) < 4.78 is 18.9. The van der Waals surface area contributed by atoms with Crippen LogP contribution in [-0.2, 0) is 0 Å². The molecule has 0 radical (unpaired) electrons. The zero-order valence-electron chi connectivity index (χ0n) is 9.29. The SMILES string of the molecule is CC(C)c1ccc(F)c(OCC2CC2)c1. The lowest BCUT2D eigenvalue weighted by atomic mass is 10.0. The molecule has 0 aliphatic heterocycles. The van der Waals surface area contributed by atoms with E-state index >= 15 is 0 Å². The highest BCUT2D eigenvalue weighted by Crippen LogP contribution is 2.31. The first kappa shape index (κ1) is 10.5. The fourth-order valence-corrected chi connectivity index (χ4v) is 1.48. The Hall–Kier alpha value is -1.05. The van der Waals surface area contributed by atoms with Crippen molar-refractivity contribution in [2.75, 3.05) is 6.61 Å². The zero-order chi connectivity index (χ0) is 10.8. The minimum Gasteiger partial charge on any atom is -0.490 e. The number of hydrogen-bond donors (Lipinski definition) is 0. The highest BCUT2D eigenvalue weighted by atomic mass is 19.1. The summed E-state index contributed by atoms with van der Waals surface area (Å²) >= 11 is 0. The van der Waals surface area contributed by atoms with Crippen LogP contribution in [0.2, 0.25) is 0 Å². The Bertz CT molecular complexity index is 342. The number of halogens is 1. The molecule has 82 valence electrons. The molecule has 0 spiro atoms. The molecule has 1 fully saturated rings. The second-order valence-electron chi connectivity index (χ2n) is 4.60. The van der Waals surface area contributed by atoms with Crippen molar-refractivity contribution in [1.29, 1.82) is 0 Å². The van der Waals surface area contributed by atoms with Gasteiger partial charge in [0.15, 0.2) is 11.6 Å². The molecular weight excluding hydrogens is 191 g/mol. The Morgan fingerprint density at radius 2 is 2.13 bits per heavy atom. The summed E-state index contributed by atoms with van der Waals surface area (Å²) in [5, 5.41) is 0. The van der Waals surface area contributed by atoms with Crippen LogP contribution in [0.5, 0.6) is 5.75 Å². The van der Waals surface area contributed by atoms with Gasteiger partial charge in [0, 0.05) is 0 Å². The molecule has 1 aromatic carbocycles. The molecule has 1 aliphatic rings. The van der Waals surface area contributed by atoms with Gasteiger partial charge in [0.2, 0.25) is 0 Å². The molecular formula is C13H17FO. The van der Waals surface area contributed by atoms with Crippen molar-refractivity contribution in [3.63, 3.8) is 0 Å². The van der Waals surface area contributed by atoms with Gasteiger partial charge in [0.05, 0.1) is 6.61 Å². The molecule has 2 rings (SSSR count). The van der Waals surface area contributed by atoms with E-state index < -0.39 is 0 Å². The first-order valence-corrected chi connectivity index (χ1v) is 5.59. The molecule has 0 heterocycles. The first-order valence-electron chi connectivity index (χ1n) is 5.59. The van der Waals surface area contributed by atoms with Crippen molar-refractivity contribution in [2.45, 2.75) is 32.6 Å². The van der Waals surface area contributed by atoms with E-state index in [1.807, 2.05) is 12.1 Å². The van der Waals surface area contributed by atoms with Gasteiger partial charge in [-0.3, -0.25) is 0 Å². The standard InChI is InChI=1S/C13H17FO/c1-9(2)11-5-6-12(14)13(7-11)15-8-10-3-4-10/h5-7,9-10H,3-4,8H2,1-2H3. The van der Waals surface area contributed by atoms with Crippen molar-refractivity contribution in [1.82, 2.24) is 0 Å². The van der Waals surface area contributed by atoms with Crippen LogP contribution in [0.4, 0.5) is 4.39 Å². The fraction of sp³-hybridized carbons (Fsp3) is 0.538. The molecule has 1 aromatic rings. The number of benzene rings is 1. The van der Waals surface area contributed by atoms with Crippen LogP contribution in [0.1, 0.15) is 38.2 Å². The predicted octanol–water partition coefficient (Wildman–Crippen LogP) is 3.74. The Balaban J connectivity index is 2.08. The van der Waals surface area contributed by atoms with Gasteiger partial charge in [-0.2, -0.15) is 0 Å². The average molecular weight is 208 g/mol. The van der Waals surface area contributed by atoms with Gasteiger partial charge in [0.1, 0.15) is 0 Å². The quantitative estimate of drug-likeness (QED) is 0.732. The van der Waals surface area contributed by atoms with Gasteiger partial charge in [0.25, 0.3) is 0 Å². The molecule has 0 amide bonds. The number of rotatable bonds is 4. The molecule has 0 unspecified atom stereocenters. The highest BCUT2D eigenvalue weighted by molar-refractivity contribution is 5.32. The minimum atomic E-state index is -0.250. The summed E-state index contributed by atoms with van der Waals surface area (Å²) in [6.07, 6.45) is 2.46. The maximum absolute atomic E-state index is 13.4. The van der Waals surface area contributed by atoms with E-state index in [0.717, 1.165) is 5.56 Å². The number of ether oxygens (including phenoxy) is 1. The van der Waals surface area contributed by atoms with Gasteiger partial charge in [-0.25, -0.2) is 4.39 Å². The van der Waals surface area contributed by atoms with Crippen LogP contribution in [0.3, 0.4) is 0 Å². The monoisotopic (exact) mass is 208 g/mol. The smallest absolute Gasteiger partial charge is 0.165 e. The van der Waals surface area contributed by atoms with Crippen molar-refractivity contribution >= 4 is 0 Å². The molecule has 1 saturated carbocycles. The molecule has 0 N–H and O–H groups in total. The van der Waals surface area contributed by atoms with E-state index in [9.17, 15) is 4.39 Å². The summed E-state index contributed by atoms with van der Waals surface area (Å²) in [7, 11) is 0. The molecule has 0 saturated heterocycles. The average Bonchev–Trinajstić information content (AvgIpc) is 3.00. The van der Waals surface area contributed by atoms with Gasteiger partial charge in [-0.15, -0.1) is 0 Å². The van der Waals surface area contributed by atoms with Gasteiger partial charge in [-0.05, 0) is 42.4 Å². The Labute approximate surface area is 90.3 Å². The Morgan fingerprint density at radius 1 is 1.40 bits per heavy atom. The van der Waals surface area contributed by atoms with Gasteiger partial charge < -0.3 is 4.74 Å². The van der Waals surface area contributed by atoms with Crippen LogP contribution in [0.15, 0.2) is 18.2 Å². The molecule has 1 aliphatic carbocycles. The van der Waals surface area contributed by atoms with Crippen LogP contribution in [0.25, 0.3) is 0 Å². The lowest BCUT2D eigenvalue weighted by molar-refractivity contribution is 0.285. The predicted molar refractivity (Wildman–Crippen MR) is 58.7 cm³/mol. The molecule has 2 heteroatoms. The summed E-state index contributed by atoms with van der Waals surface area (Å²) in [5.41, 5.74) is 1.13. The Morgan fingerprint density at radius 3 is 2.73 bits per heavy atom. The third-order valence-electron chi connectivity index (χ3n) is 2.79. The largest absolute Gasteiger partial charge is 0.490 e. The maximum atomic E-state index is 13.4. The third-order valence-corrected chi connectivity index (χ3v) is 2.79. The number of hydrogen-bond acceptors (Lipinski definition) is 1. The van der Waals surface area contributed by atoms with Gasteiger partial charge in [-0.1, -0.05) is 19.9 Å². The summed E-state index contributed by atoms with van der Waals surface area (Å²) in [6.45, 7) is 4.86. The summed E-state index contributed by atoms with van der Waals surface area (Å²) in [6, 6.07) is 5.14. The maximum Gasteiger partial charge on any atom is 0.165 e. The van der Waals surface area contributed by atoms with Crippen molar-refractivity contribution in [3.8, 4) is 5.75 Å². The van der Waals surface area contributed by atoms with Crippen molar-refractivity contribution in [3.05, 3.63) is 29.6 Å². The molecule has 15 heavy (non-hydrogen) atoms. The topological polar surface area (TPSA) is 9.23 Å². The van der Waals surface area contributed by atoms with E-state index in [2.05, 4.69) is 13.8 Å². The molecule has 1 nitrogen and oxygen atoms in total. The second kappa shape index (κ2) is 4.21. The van der Waals surface area contributed by atoms with Crippen molar-refractivity contribution < 1.29 is 9.13 Å². The lowest BCUT2D eigenvalue weighted by Gasteiger charge is -2.10. The Kier molecular flexibility index (Phi) is 2.94. The van der Waals surface area contributed by atoms with E-state index in [4.69, 9.17) is 4.74 Å². The van der Waals surface area contributed by atoms with E-state index in [1.54, 1.807) is 0 Å². The zero-order valence-corrected chi connectivity index (χ0v) is 9.29. The van der Waals surface area contributed by atoms with Gasteiger partial charge >= 0.3 is 0 Å². The van der Waals surface area contributed by atoms with Crippen LogP contribution in [-0.4, -0.2) is 6.61 Å². The fourth-order valence-electron chi connectivity index (χ4n) is 1.48. The molecule has 0 aromatic heterocycles. The highest BCUT2D eigenvalue weighted by Gasteiger charge is 2.22. The first-order chi connectivity index (χ1) is 7.16. The normalized spacial score (nSPS) is 15.7. The second-order valence-corrected chi connectivity index (χ2v) is 4.60. The lowest BCUT2D eigenvalue weighted by Crippen LogP contribution is -2.01. The van der Waals surface area contributed by atoms with E-state index in [1.165, 1.54) is 18.9 Å². The molecule has 0 atom stereocenters. The van der Waals surface area contributed by atoms with E-state index in [0.29, 0.717) is 24.2 Å². The summed E-state index contributed by atoms with van der Waals surface area (Å²) in [4.78, 5) is 0. The minimum absolute atomic E-state index is 0.250. The van der Waals surface area contributed by atoms with Crippen LogP contribution >= 0.6 is 0 Å². The summed E-state index contributed by atoms with van der Waals surface area (Å²) in [5.74, 6) is 1.23. The molecule has 0 bridgehead atoms.